The zero-order valence-electron chi connectivity index (χ0n) is 17.2. The maximum absolute atomic E-state index is 13.0. The molecule has 0 spiro atoms. The van der Waals surface area contributed by atoms with Crippen LogP contribution in [0.5, 0.6) is 17.2 Å². The van der Waals surface area contributed by atoms with E-state index in [0.29, 0.717) is 36.8 Å². The standard InChI is InChI=1S/C21H27N3O6/c1-27-16-7-6-14(11-17(16)28-2)8-9-23-15-12-22-24(19-5-3-4-10-29-19)21(26)20(15)30-13-18(23)25/h6-7,11-12,18-19,25H,3-5,8-10,13H2,1-2H3. The summed E-state index contributed by atoms with van der Waals surface area (Å²) in [6.07, 6.45) is 3.71. The molecule has 2 unspecified atom stereocenters. The van der Waals surface area contributed by atoms with Crippen molar-refractivity contribution in [2.45, 2.75) is 38.1 Å². The summed E-state index contributed by atoms with van der Waals surface area (Å²) >= 11 is 0. The van der Waals surface area contributed by atoms with Crippen LogP contribution in [0.25, 0.3) is 0 Å². The Balaban J connectivity index is 1.55. The van der Waals surface area contributed by atoms with Crippen molar-refractivity contribution in [3.63, 3.8) is 0 Å². The quantitative estimate of drug-likeness (QED) is 0.759. The van der Waals surface area contributed by atoms with Crippen LogP contribution in [0.4, 0.5) is 5.69 Å². The number of fused-ring (bicyclic) bond motifs is 1. The normalized spacial score (nSPS) is 21.0. The maximum Gasteiger partial charge on any atom is 0.313 e. The van der Waals surface area contributed by atoms with E-state index < -0.39 is 6.23 Å². The van der Waals surface area contributed by atoms with E-state index in [1.165, 1.54) is 4.68 Å². The molecule has 1 N–H and O–H groups in total. The Morgan fingerprint density at radius 2 is 2.07 bits per heavy atom. The van der Waals surface area contributed by atoms with E-state index in [4.69, 9.17) is 18.9 Å². The highest BCUT2D eigenvalue weighted by molar-refractivity contribution is 5.58. The third-order valence-electron chi connectivity index (χ3n) is 5.50. The molecule has 2 aliphatic rings. The summed E-state index contributed by atoms with van der Waals surface area (Å²) < 4.78 is 23.3. The number of rotatable bonds is 6. The summed E-state index contributed by atoms with van der Waals surface area (Å²) in [6, 6.07) is 5.71. The van der Waals surface area contributed by atoms with E-state index in [0.717, 1.165) is 24.8 Å². The second-order valence-corrected chi connectivity index (χ2v) is 7.35. The zero-order chi connectivity index (χ0) is 21.1. The molecule has 4 rings (SSSR count). The minimum absolute atomic E-state index is 0.0176. The molecule has 2 atom stereocenters. The number of aliphatic hydroxyl groups excluding tert-OH is 1. The van der Waals surface area contributed by atoms with E-state index >= 15 is 0 Å². The molecule has 3 heterocycles. The zero-order valence-corrected chi connectivity index (χ0v) is 17.2. The first-order chi connectivity index (χ1) is 14.6. The van der Waals surface area contributed by atoms with Crippen LogP contribution < -0.4 is 24.7 Å². The number of aromatic nitrogens is 2. The molecule has 0 amide bonds. The molecule has 1 saturated heterocycles. The van der Waals surface area contributed by atoms with Gasteiger partial charge in [-0.2, -0.15) is 9.78 Å². The van der Waals surface area contributed by atoms with Crippen molar-refractivity contribution in [1.82, 2.24) is 9.78 Å². The highest BCUT2D eigenvalue weighted by Crippen LogP contribution is 2.32. The van der Waals surface area contributed by atoms with Gasteiger partial charge in [-0.1, -0.05) is 6.07 Å². The summed E-state index contributed by atoms with van der Waals surface area (Å²) in [7, 11) is 3.19. The number of ether oxygens (including phenoxy) is 4. The van der Waals surface area contributed by atoms with E-state index in [-0.39, 0.29) is 24.1 Å². The molecule has 9 heteroatoms. The van der Waals surface area contributed by atoms with Gasteiger partial charge in [0.1, 0.15) is 12.3 Å². The van der Waals surface area contributed by atoms with Gasteiger partial charge in [0.15, 0.2) is 24.0 Å². The molecule has 2 aliphatic heterocycles. The van der Waals surface area contributed by atoms with E-state index in [1.54, 1.807) is 25.3 Å². The second kappa shape index (κ2) is 8.93. The molecule has 1 fully saturated rings. The SMILES string of the molecule is COc1ccc(CCN2c3cnn(C4CCCCO4)c(=O)c3OCC2O)cc1OC. The Kier molecular flexibility index (Phi) is 6.10. The monoisotopic (exact) mass is 417 g/mol. The number of nitrogens with zero attached hydrogens (tertiary/aromatic N) is 3. The first kappa shape index (κ1) is 20.5. The fraction of sp³-hybridized carbons (Fsp3) is 0.524. The summed E-state index contributed by atoms with van der Waals surface area (Å²) in [5.41, 5.74) is 1.18. The van der Waals surface area contributed by atoms with Crippen molar-refractivity contribution in [3.05, 3.63) is 40.3 Å². The van der Waals surface area contributed by atoms with Crippen LogP contribution in [-0.2, 0) is 11.2 Å². The molecule has 0 aliphatic carbocycles. The smallest absolute Gasteiger partial charge is 0.313 e. The molecule has 30 heavy (non-hydrogen) atoms. The Bertz CT molecular complexity index is 941. The van der Waals surface area contributed by atoms with Crippen LogP contribution in [0.3, 0.4) is 0 Å². The van der Waals surface area contributed by atoms with Crippen LogP contribution in [0.1, 0.15) is 31.1 Å². The van der Waals surface area contributed by atoms with Gasteiger partial charge in [-0.3, -0.25) is 4.79 Å². The molecule has 162 valence electrons. The Morgan fingerprint density at radius 1 is 1.23 bits per heavy atom. The second-order valence-electron chi connectivity index (χ2n) is 7.35. The third kappa shape index (κ3) is 3.95. The molecule has 1 aromatic carbocycles. The van der Waals surface area contributed by atoms with Gasteiger partial charge in [-0.05, 0) is 43.4 Å². The first-order valence-electron chi connectivity index (χ1n) is 10.1. The molecular weight excluding hydrogens is 390 g/mol. The molecule has 1 aromatic heterocycles. The average molecular weight is 417 g/mol. The molecule has 0 saturated carbocycles. The van der Waals surface area contributed by atoms with Gasteiger partial charge < -0.3 is 29.0 Å². The van der Waals surface area contributed by atoms with Crippen molar-refractivity contribution in [1.29, 1.82) is 0 Å². The predicted octanol–water partition coefficient (Wildman–Crippen LogP) is 1.72. The highest BCUT2D eigenvalue weighted by Gasteiger charge is 2.31. The van der Waals surface area contributed by atoms with E-state index in [1.807, 2.05) is 18.2 Å². The van der Waals surface area contributed by atoms with Crippen molar-refractivity contribution in [2.24, 2.45) is 0 Å². The van der Waals surface area contributed by atoms with Crippen molar-refractivity contribution in [2.75, 3.05) is 38.9 Å². The van der Waals surface area contributed by atoms with Crippen molar-refractivity contribution in [3.8, 4) is 17.2 Å². The van der Waals surface area contributed by atoms with Crippen LogP contribution in [0.2, 0.25) is 0 Å². The van der Waals surface area contributed by atoms with E-state index in [2.05, 4.69) is 5.10 Å². The summed E-state index contributed by atoms with van der Waals surface area (Å²) in [5.74, 6) is 1.51. The van der Waals surface area contributed by atoms with Crippen LogP contribution in [0, 0.1) is 0 Å². The van der Waals surface area contributed by atoms with Gasteiger partial charge in [0, 0.05) is 13.2 Å². The lowest BCUT2D eigenvalue weighted by Crippen LogP contribution is -2.46. The van der Waals surface area contributed by atoms with Gasteiger partial charge in [0.25, 0.3) is 0 Å². The highest BCUT2D eigenvalue weighted by atomic mass is 16.5. The topological polar surface area (TPSA) is 95.3 Å². The lowest BCUT2D eigenvalue weighted by molar-refractivity contribution is -0.0433. The van der Waals surface area contributed by atoms with Crippen LogP contribution in [0.15, 0.2) is 29.2 Å². The largest absolute Gasteiger partial charge is 0.493 e. The summed E-state index contributed by atoms with van der Waals surface area (Å²) in [6.45, 7) is 1.12. The third-order valence-corrected chi connectivity index (χ3v) is 5.50. The minimum atomic E-state index is -0.861. The Labute approximate surface area is 174 Å². The average Bonchev–Trinajstić information content (AvgIpc) is 2.79. The van der Waals surface area contributed by atoms with Gasteiger partial charge in [-0.15, -0.1) is 0 Å². The maximum atomic E-state index is 13.0. The fourth-order valence-corrected chi connectivity index (χ4v) is 3.87. The summed E-state index contributed by atoms with van der Waals surface area (Å²) in [5, 5.41) is 14.8. The van der Waals surface area contributed by atoms with Gasteiger partial charge >= 0.3 is 5.56 Å². The molecule has 0 radical (unpaired) electrons. The minimum Gasteiger partial charge on any atom is -0.493 e. The fourth-order valence-electron chi connectivity index (χ4n) is 3.87. The van der Waals surface area contributed by atoms with E-state index in [9.17, 15) is 9.90 Å². The Hall–Kier alpha value is -2.78. The number of benzene rings is 1. The molecule has 2 aromatic rings. The summed E-state index contributed by atoms with van der Waals surface area (Å²) in [4.78, 5) is 14.7. The number of hydrogen-bond donors (Lipinski definition) is 1. The van der Waals surface area contributed by atoms with Crippen molar-refractivity contribution < 1.29 is 24.1 Å². The van der Waals surface area contributed by atoms with Gasteiger partial charge in [0.05, 0.1) is 20.4 Å². The van der Waals surface area contributed by atoms with Gasteiger partial charge in [-0.25, -0.2) is 0 Å². The lowest BCUT2D eigenvalue weighted by atomic mass is 10.1. The molecule has 0 bridgehead atoms. The van der Waals surface area contributed by atoms with Crippen LogP contribution >= 0.6 is 0 Å². The lowest BCUT2D eigenvalue weighted by Gasteiger charge is -2.35. The number of hydrogen-bond acceptors (Lipinski definition) is 8. The number of anilines is 1. The van der Waals surface area contributed by atoms with Gasteiger partial charge in [0.2, 0.25) is 5.75 Å². The number of methoxy groups -OCH3 is 2. The molecule has 9 nitrogen and oxygen atoms in total. The van der Waals surface area contributed by atoms with Crippen molar-refractivity contribution >= 4 is 5.69 Å². The number of aliphatic hydroxyl groups is 1. The predicted molar refractivity (Wildman–Crippen MR) is 109 cm³/mol. The molecular formula is C21H27N3O6. The van der Waals surface area contributed by atoms with Crippen LogP contribution in [-0.4, -0.2) is 55.1 Å². The first-order valence-corrected chi connectivity index (χ1v) is 10.1. The Morgan fingerprint density at radius 3 is 2.80 bits per heavy atom.